The number of nitrogens with one attached hydrogen (secondary N) is 1. The summed E-state index contributed by atoms with van der Waals surface area (Å²) in [6, 6.07) is 0. The van der Waals surface area contributed by atoms with Gasteiger partial charge in [-0.3, -0.25) is 4.79 Å². The van der Waals surface area contributed by atoms with E-state index in [9.17, 15) is 9.90 Å². The van der Waals surface area contributed by atoms with Crippen molar-refractivity contribution in [2.24, 2.45) is 5.41 Å². The summed E-state index contributed by atoms with van der Waals surface area (Å²) in [7, 11) is 1.79. The van der Waals surface area contributed by atoms with Crippen LogP contribution in [0.3, 0.4) is 0 Å². The summed E-state index contributed by atoms with van der Waals surface area (Å²) in [5.41, 5.74) is -0.747. The fraction of sp³-hybridized carbons (Fsp3) is 0.917. The highest BCUT2D eigenvalue weighted by Crippen LogP contribution is 2.33. The smallest absolute Gasteiger partial charge is 0.230 e. The monoisotopic (exact) mass is 228 g/mol. The van der Waals surface area contributed by atoms with Crippen molar-refractivity contribution in [3.05, 3.63) is 0 Å². The van der Waals surface area contributed by atoms with Crippen LogP contribution < -0.4 is 5.32 Å². The summed E-state index contributed by atoms with van der Waals surface area (Å²) in [6.07, 6.45) is 1.75. The molecule has 0 aromatic heterocycles. The lowest BCUT2D eigenvalue weighted by Gasteiger charge is -2.39. The van der Waals surface area contributed by atoms with E-state index < -0.39 is 5.54 Å². The molecule has 1 aliphatic heterocycles. The third-order valence-corrected chi connectivity index (χ3v) is 3.97. The fourth-order valence-electron chi connectivity index (χ4n) is 2.12. The minimum atomic E-state index is -0.484. The average Bonchev–Trinajstić information content (AvgIpc) is 2.76. The normalized spacial score (nSPS) is 25.8. The van der Waals surface area contributed by atoms with Gasteiger partial charge in [-0.15, -0.1) is 0 Å². The number of aliphatic hydroxyl groups is 1. The van der Waals surface area contributed by atoms with Gasteiger partial charge in [0.25, 0.3) is 0 Å². The summed E-state index contributed by atoms with van der Waals surface area (Å²) in [4.78, 5) is 14.2. The van der Waals surface area contributed by atoms with Crippen LogP contribution in [0.1, 0.15) is 33.6 Å². The number of hydrogen-bond donors (Lipinski definition) is 2. The first kappa shape index (κ1) is 13.5. The molecule has 0 saturated carbocycles. The van der Waals surface area contributed by atoms with Gasteiger partial charge in [0.2, 0.25) is 5.91 Å². The molecule has 1 heterocycles. The number of carbonyl (C=O) groups excluding carboxylic acids is 1. The third-order valence-electron chi connectivity index (χ3n) is 3.97. The third kappa shape index (κ3) is 2.23. The van der Waals surface area contributed by atoms with Crippen molar-refractivity contribution in [1.29, 1.82) is 0 Å². The second-order valence-corrected chi connectivity index (χ2v) is 5.40. The van der Waals surface area contributed by atoms with Crippen molar-refractivity contribution < 1.29 is 9.90 Å². The van der Waals surface area contributed by atoms with Crippen molar-refractivity contribution in [2.45, 2.75) is 39.2 Å². The molecule has 1 unspecified atom stereocenters. The Hall–Kier alpha value is -0.610. The summed E-state index contributed by atoms with van der Waals surface area (Å²) in [5.74, 6) is 0.152. The number of amides is 1. The molecular weight excluding hydrogens is 204 g/mol. The lowest BCUT2D eigenvalue weighted by atomic mass is 9.81. The fourth-order valence-corrected chi connectivity index (χ4v) is 2.12. The number of carbonyl (C=O) groups is 1. The molecule has 1 aliphatic rings. The topological polar surface area (TPSA) is 52.6 Å². The summed E-state index contributed by atoms with van der Waals surface area (Å²) in [6.45, 7) is 7.49. The maximum absolute atomic E-state index is 12.5. The Morgan fingerprint density at radius 3 is 2.56 bits per heavy atom. The second kappa shape index (κ2) is 4.72. The Kier molecular flexibility index (Phi) is 3.97. The highest BCUT2D eigenvalue weighted by atomic mass is 16.3. The number of likely N-dealkylation sites (N-methyl/N-ethyl adjacent to an activating group) is 1. The maximum atomic E-state index is 12.5. The number of hydrogen-bond acceptors (Lipinski definition) is 3. The van der Waals surface area contributed by atoms with Crippen LogP contribution in [0, 0.1) is 5.41 Å². The maximum Gasteiger partial charge on any atom is 0.230 e. The van der Waals surface area contributed by atoms with E-state index in [1.165, 1.54) is 0 Å². The minimum Gasteiger partial charge on any atom is -0.394 e. The van der Waals surface area contributed by atoms with Gasteiger partial charge < -0.3 is 15.3 Å². The van der Waals surface area contributed by atoms with E-state index in [0.717, 1.165) is 25.9 Å². The van der Waals surface area contributed by atoms with E-state index >= 15 is 0 Å². The molecule has 1 atom stereocenters. The SMILES string of the molecule is CCC1(C(=O)N(C)C(C)(C)CO)CCNC1. The van der Waals surface area contributed by atoms with Gasteiger partial charge in [0.15, 0.2) is 0 Å². The highest BCUT2D eigenvalue weighted by molar-refractivity contribution is 5.83. The number of nitrogens with zero attached hydrogens (tertiary/aromatic N) is 1. The zero-order valence-electron chi connectivity index (χ0n) is 10.8. The Labute approximate surface area is 98.0 Å². The molecule has 0 radical (unpaired) electrons. The standard InChI is InChI=1S/C12H24N2O2/c1-5-12(6-7-13-8-12)10(16)14(4)11(2,3)9-15/h13,15H,5-9H2,1-4H3. The van der Waals surface area contributed by atoms with Crippen LogP contribution in [0.15, 0.2) is 0 Å². The summed E-state index contributed by atoms with van der Waals surface area (Å²) in [5, 5.41) is 12.6. The predicted octanol–water partition coefficient (Wildman–Crippen LogP) is 0.605. The molecule has 4 heteroatoms. The van der Waals surface area contributed by atoms with E-state index in [4.69, 9.17) is 0 Å². The predicted molar refractivity (Wildman–Crippen MR) is 64.1 cm³/mol. The second-order valence-electron chi connectivity index (χ2n) is 5.40. The van der Waals surface area contributed by atoms with Crippen molar-refractivity contribution in [3.63, 3.8) is 0 Å². The van der Waals surface area contributed by atoms with Crippen molar-refractivity contribution in [2.75, 3.05) is 26.7 Å². The van der Waals surface area contributed by atoms with Gasteiger partial charge in [0.05, 0.1) is 17.6 Å². The van der Waals surface area contributed by atoms with Crippen LogP contribution in [-0.4, -0.2) is 48.2 Å². The lowest BCUT2D eigenvalue weighted by Crippen LogP contribution is -2.53. The highest BCUT2D eigenvalue weighted by Gasteiger charge is 2.44. The van der Waals surface area contributed by atoms with E-state index in [0.29, 0.717) is 0 Å². The molecule has 0 aromatic rings. The average molecular weight is 228 g/mol. The molecule has 16 heavy (non-hydrogen) atoms. The molecule has 94 valence electrons. The van der Waals surface area contributed by atoms with Crippen LogP contribution >= 0.6 is 0 Å². The lowest BCUT2D eigenvalue weighted by molar-refractivity contribution is -0.146. The van der Waals surface area contributed by atoms with E-state index in [1.807, 2.05) is 13.8 Å². The molecule has 1 fully saturated rings. The Balaban J connectivity index is 2.84. The van der Waals surface area contributed by atoms with Crippen LogP contribution in [0.25, 0.3) is 0 Å². The summed E-state index contributed by atoms with van der Waals surface area (Å²) < 4.78 is 0. The number of rotatable bonds is 4. The molecular formula is C12H24N2O2. The molecule has 1 amide bonds. The molecule has 1 saturated heterocycles. The van der Waals surface area contributed by atoms with Gasteiger partial charge in [-0.1, -0.05) is 6.92 Å². The number of aliphatic hydroxyl groups excluding tert-OH is 1. The van der Waals surface area contributed by atoms with Crippen molar-refractivity contribution >= 4 is 5.91 Å². The van der Waals surface area contributed by atoms with Crippen molar-refractivity contribution in [3.8, 4) is 0 Å². The minimum absolute atomic E-state index is 0.0114. The Morgan fingerprint density at radius 2 is 2.19 bits per heavy atom. The van der Waals surface area contributed by atoms with Crippen LogP contribution in [0.5, 0.6) is 0 Å². The largest absolute Gasteiger partial charge is 0.394 e. The zero-order chi connectivity index (χ0) is 12.4. The summed E-state index contributed by atoms with van der Waals surface area (Å²) >= 11 is 0. The van der Waals surface area contributed by atoms with Gasteiger partial charge in [-0.05, 0) is 33.2 Å². The Bertz CT molecular complexity index is 258. The quantitative estimate of drug-likeness (QED) is 0.741. The van der Waals surface area contributed by atoms with E-state index in [1.54, 1.807) is 11.9 Å². The van der Waals surface area contributed by atoms with Gasteiger partial charge in [-0.2, -0.15) is 0 Å². The zero-order valence-corrected chi connectivity index (χ0v) is 10.8. The molecule has 1 rings (SSSR count). The molecule has 0 spiro atoms. The van der Waals surface area contributed by atoms with Crippen LogP contribution in [0.2, 0.25) is 0 Å². The Morgan fingerprint density at radius 1 is 1.56 bits per heavy atom. The van der Waals surface area contributed by atoms with E-state index in [-0.39, 0.29) is 17.9 Å². The molecule has 0 aliphatic carbocycles. The van der Waals surface area contributed by atoms with Gasteiger partial charge in [0, 0.05) is 13.6 Å². The van der Waals surface area contributed by atoms with Gasteiger partial charge in [-0.25, -0.2) is 0 Å². The van der Waals surface area contributed by atoms with Gasteiger partial charge >= 0.3 is 0 Å². The first-order valence-corrected chi connectivity index (χ1v) is 5.99. The molecule has 4 nitrogen and oxygen atoms in total. The first-order chi connectivity index (χ1) is 7.39. The van der Waals surface area contributed by atoms with Crippen LogP contribution in [-0.2, 0) is 4.79 Å². The first-order valence-electron chi connectivity index (χ1n) is 5.99. The van der Waals surface area contributed by atoms with Crippen LogP contribution in [0.4, 0.5) is 0 Å². The van der Waals surface area contributed by atoms with Gasteiger partial charge in [0.1, 0.15) is 0 Å². The molecule has 2 N–H and O–H groups in total. The van der Waals surface area contributed by atoms with E-state index in [2.05, 4.69) is 12.2 Å². The molecule has 0 aromatic carbocycles. The molecule has 0 bridgehead atoms. The van der Waals surface area contributed by atoms with Crippen molar-refractivity contribution in [1.82, 2.24) is 10.2 Å².